The van der Waals surface area contributed by atoms with Gasteiger partial charge >= 0.3 is 6.03 Å². The molecule has 1 aliphatic rings. The standard InChI is InChI=1S/C24H27Cl2N3O3/c1-4-5-17(20-11-8-18(25)12-21(20)26)13-27-22(30)14-28-23(31)16(3)29(24(28)32)19-9-6-15(2)7-10-19/h6-12,16-17H,4-5,13-14H2,1-3H3,(H,27,30). The Hall–Kier alpha value is -2.57. The number of aryl methyl sites for hydroxylation is 1. The van der Waals surface area contributed by atoms with Gasteiger partial charge in [-0.15, -0.1) is 0 Å². The smallest absolute Gasteiger partial charge is 0.332 e. The Morgan fingerprint density at radius 3 is 2.44 bits per heavy atom. The molecular weight excluding hydrogens is 449 g/mol. The molecule has 1 saturated heterocycles. The number of urea groups is 1. The number of halogens is 2. The number of hydrogen-bond donors (Lipinski definition) is 1. The van der Waals surface area contributed by atoms with E-state index in [2.05, 4.69) is 12.2 Å². The fourth-order valence-electron chi connectivity index (χ4n) is 3.90. The number of amides is 4. The molecule has 0 spiro atoms. The van der Waals surface area contributed by atoms with E-state index in [4.69, 9.17) is 23.2 Å². The van der Waals surface area contributed by atoms with E-state index in [1.807, 2.05) is 25.1 Å². The lowest BCUT2D eigenvalue weighted by Gasteiger charge is -2.21. The third-order valence-corrected chi connectivity index (χ3v) is 6.21. The molecule has 2 atom stereocenters. The molecule has 2 aromatic rings. The number of hydrogen-bond acceptors (Lipinski definition) is 3. The first-order valence-corrected chi connectivity index (χ1v) is 11.4. The van der Waals surface area contributed by atoms with E-state index in [9.17, 15) is 14.4 Å². The average molecular weight is 476 g/mol. The van der Waals surface area contributed by atoms with Gasteiger partial charge in [0.25, 0.3) is 5.91 Å². The van der Waals surface area contributed by atoms with Crippen LogP contribution >= 0.6 is 23.2 Å². The van der Waals surface area contributed by atoms with Crippen LogP contribution in [0.5, 0.6) is 0 Å². The second-order valence-electron chi connectivity index (χ2n) is 8.04. The van der Waals surface area contributed by atoms with Crippen LogP contribution in [0.3, 0.4) is 0 Å². The molecule has 0 radical (unpaired) electrons. The lowest BCUT2D eigenvalue weighted by molar-refractivity contribution is -0.131. The zero-order valence-corrected chi connectivity index (χ0v) is 19.9. The highest BCUT2D eigenvalue weighted by molar-refractivity contribution is 6.35. The zero-order chi connectivity index (χ0) is 23.4. The summed E-state index contributed by atoms with van der Waals surface area (Å²) in [6, 6.07) is 11.5. The highest BCUT2D eigenvalue weighted by atomic mass is 35.5. The highest BCUT2D eigenvalue weighted by Crippen LogP contribution is 2.30. The van der Waals surface area contributed by atoms with Crippen molar-refractivity contribution in [1.29, 1.82) is 0 Å². The van der Waals surface area contributed by atoms with Crippen LogP contribution in [0.2, 0.25) is 10.0 Å². The van der Waals surface area contributed by atoms with Crippen LogP contribution in [0.4, 0.5) is 10.5 Å². The summed E-state index contributed by atoms with van der Waals surface area (Å²) in [5, 5.41) is 3.96. The normalized spacial score (nSPS) is 17.1. The second-order valence-corrected chi connectivity index (χ2v) is 8.89. The molecule has 1 fully saturated rings. The van der Waals surface area contributed by atoms with Gasteiger partial charge in [-0.1, -0.05) is 60.3 Å². The van der Waals surface area contributed by atoms with Crippen molar-refractivity contribution in [2.24, 2.45) is 0 Å². The van der Waals surface area contributed by atoms with Crippen LogP contribution in [-0.2, 0) is 9.59 Å². The molecular formula is C24H27Cl2N3O3. The lowest BCUT2D eigenvalue weighted by Crippen LogP contribution is -2.42. The van der Waals surface area contributed by atoms with Crippen molar-refractivity contribution in [2.75, 3.05) is 18.0 Å². The number of carbonyl (C=O) groups is 3. The van der Waals surface area contributed by atoms with E-state index < -0.39 is 23.9 Å². The van der Waals surface area contributed by atoms with E-state index in [0.717, 1.165) is 28.9 Å². The van der Waals surface area contributed by atoms with Crippen molar-refractivity contribution in [3.05, 3.63) is 63.6 Å². The first-order chi connectivity index (χ1) is 15.2. The number of anilines is 1. The minimum atomic E-state index is -0.668. The maximum Gasteiger partial charge on any atom is 0.332 e. The van der Waals surface area contributed by atoms with Crippen LogP contribution in [0.1, 0.15) is 43.7 Å². The van der Waals surface area contributed by atoms with Crippen molar-refractivity contribution in [3.8, 4) is 0 Å². The van der Waals surface area contributed by atoms with Gasteiger partial charge < -0.3 is 5.32 Å². The fraction of sp³-hybridized carbons (Fsp3) is 0.375. The van der Waals surface area contributed by atoms with E-state index in [1.165, 1.54) is 4.90 Å². The van der Waals surface area contributed by atoms with E-state index in [-0.39, 0.29) is 12.5 Å². The van der Waals surface area contributed by atoms with Crippen LogP contribution in [0, 0.1) is 6.92 Å². The molecule has 6 nitrogen and oxygen atoms in total. The Morgan fingerprint density at radius 2 is 1.81 bits per heavy atom. The third-order valence-electron chi connectivity index (χ3n) is 5.65. The number of carbonyl (C=O) groups excluding carboxylic acids is 3. The molecule has 0 bridgehead atoms. The molecule has 1 N–H and O–H groups in total. The molecule has 170 valence electrons. The van der Waals surface area contributed by atoms with Crippen molar-refractivity contribution < 1.29 is 14.4 Å². The summed E-state index contributed by atoms with van der Waals surface area (Å²) in [5.41, 5.74) is 2.59. The molecule has 4 amide bonds. The van der Waals surface area contributed by atoms with Gasteiger partial charge in [-0.2, -0.15) is 0 Å². The monoisotopic (exact) mass is 475 g/mol. The second kappa shape index (κ2) is 10.4. The third kappa shape index (κ3) is 5.25. The zero-order valence-electron chi connectivity index (χ0n) is 18.4. The Morgan fingerprint density at radius 1 is 1.12 bits per heavy atom. The largest absolute Gasteiger partial charge is 0.354 e. The molecule has 2 aromatic carbocycles. The maximum atomic E-state index is 12.9. The fourth-order valence-corrected chi connectivity index (χ4v) is 4.46. The van der Waals surface area contributed by atoms with Gasteiger partial charge in [0.15, 0.2) is 0 Å². The van der Waals surface area contributed by atoms with Gasteiger partial charge in [-0.25, -0.2) is 4.79 Å². The molecule has 2 unspecified atom stereocenters. The van der Waals surface area contributed by atoms with Gasteiger partial charge in [0.05, 0.1) is 0 Å². The molecule has 0 aromatic heterocycles. The summed E-state index contributed by atoms with van der Waals surface area (Å²) in [7, 11) is 0. The van der Waals surface area contributed by atoms with Crippen LogP contribution < -0.4 is 10.2 Å². The van der Waals surface area contributed by atoms with Gasteiger partial charge in [-0.05, 0) is 50.1 Å². The quantitative estimate of drug-likeness (QED) is 0.536. The summed E-state index contributed by atoms with van der Waals surface area (Å²) in [6.45, 7) is 5.70. The number of benzene rings is 2. The molecule has 1 heterocycles. The Kier molecular flexibility index (Phi) is 7.80. The van der Waals surface area contributed by atoms with Crippen LogP contribution in [-0.4, -0.2) is 41.9 Å². The van der Waals surface area contributed by atoms with Crippen LogP contribution in [0.15, 0.2) is 42.5 Å². The summed E-state index contributed by atoms with van der Waals surface area (Å²) >= 11 is 12.3. The molecule has 0 saturated carbocycles. The minimum absolute atomic E-state index is 0.00155. The van der Waals surface area contributed by atoms with Gasteiger partial charge in [0.1, 0.15) is 12.6 Å². The summed E-state index contributed by atoms with van der Waals surface area (Å²) in [4.78, 5) is 40.7. The first-order valence-electron chi connectivity index (χ1n) is 10.7. The summed E-state index contributed by atoms with van der Waals surface area (Å²) in [6.07, 6.45) is 1.73. The Labute approximate surface area is 198 Å². The Balaban J connectivity index is 1.66. The van der Waals surface area contributed by atoms with Crippen molar-refractivity contribution in [2.45, 2.75) is 45.6 Å². The highest BCUT2D eigenvalue weighted by Gasteiger charge is 2.44. The van der Waals surface area contributed by atoms with Crippen LogP contribution in [0.25, 0.3) is 0 Å². The number of imide groups is 1. The van der Waals surface area contributed by atoms with Gasteiger partial charge in [0.2, 0.25) is 5.91 Å². The SMILES string of the molecule is CCCC(CNC(=O)CN1C(=O)C(C)N(c2ccc(C)cc2)C1=O)c1ccc(Cl)cc1Cl. The summed E-state index contributed by atoms with van der Waals surface area (Å²) < 4.78 is 0. The predicted octanol–water partition coefficient (Wildman–Crippen LogP) is 5.16. The van der Waals surface area contributed by atoms with E-state index in [0.29, 0.717) is 22.3 Å². The van der Waals surface area contributed by atoms with Crippen molar-refractivity contribution in [3.63, 3.8) is 0 Å². The van der Waals surface area contributed by atoms with E-state index in [1.54, 1.807) is 31.2 Å². The average Bonchev–Trinajstić information content (AvgIpc) is 2.95. The van der Waals surface area contributed by atoms with Gasteiger partial charge in [0, 0.05) is 28.2 Å². The lowest BCUT2D eigenvalue weighted by atomic mass is 9.94. The number of nitrogens with one attached hydrogen (secondary N) is 1. The minimum Gasteiger partial charge on any atom is -0.354 e. The first kappa shape index (κ1) is 24.1. The molecule has 0 aliphatic carbocycles. The predicted molar refractivity (Wildman–Crippen MR) is 127 cm³/mol. The van der Waals surface area contributed by atoms with Crippen molar-refractivity contribution >= 4 is 46.7 Å². The maximum absolute atomic E-state index is 12.9. The topological polar surface area (TPSA) is 69.7 Å². The van der Waals surface area contributed by atoms with Gasteiger partial charge in [-0.3, -0.25) is 19.4 Å². The molecule has 3 rings (SSSR count). The molecule has 32 heavy (non-hydrogen) atoms. The molecule has 1 aliphatic heterocycles. The molecule has 8 heteroatoms. The summed E-state index contributed by atoms with van der Waals surface area (Å²) in [5.74, 6) is -0.783. The Bertz CT molecular complexity index is 1010. The number of nitrogens with zero attached hydrogens (tertiary/aromatic N) is 2. The van der Waals surface area contributed by atoms with E-state index >= 15 is 0 Å². The van der Waals surface area contributed by atoms with Crippen molar-refractivity contribution in [1.82, 2.24) is 10.2 Å². The number of rotatable bonds is 8.